The fourth-order valence-electron chi connectivity index (χ4n) is 1.53. The van der Waals surface area contributed by atoms with Crippen LogP contribution in [0.2, 0.25) is 0 Å². The summed E-state index contributed by atoms with van der Waals surface area (Å²) in [5.41, 5.74) is 0. The molecule has 90 valence electrons. The number of hydrogen-bond donors (Lipinski definition) is 0. The number of hydrogen-bond acceptors (Lipinski definition) is 4. The van der Waals surface area contributed by atoms with Gasteiger partial charge in [0, 0.05) is 11.5 Å². The SMILES string of the molecule is CN1CC(=O)N(CC(=O)c2sccc2Br)C1=O. The number of carbonyl (C=O) groups excluding carboxylic acids is 3. The second-order valence-electron chi connectivity index (χ2n) is 3.64. The molecule has 1 aliphatic heterocycles. The number of Topliss-reactive ketones (excluding diaryl/α,β-unsaturated/α-hetero) is 1. The van der Waals surface area contributed by atoms with E-state index < -0.39 is 6.03 Å². The van der Waals surface area contributed by atoms with Crippen molar-refractivity contribution in [2.24, 2.45) is 0 Å². The molecule has 1 aromatic rings. The van der Waals surface area contributed by atoms with Crippen molar-refractivity contribution in [3.05, 3.63) is 20.8 Å². The quantitative estimate of drug-likeness (QED) is 0.628. The minimum Gasteiger partial charge on any atom is -0.318 e. The maximum absolute atomic E-state index is 11.9. The van der Waals surface area contributed by atoms with Gasteiger partial charge in [0.25, 0.3) is 5.91 Å². The molecule has 0 aliphatic carbocycles. The highest BCUT2D eigenvalue weighted by Crippen LogP contribution is 2.23. The van der Waals surface area contributed by atoms with Crippen molar-refractivity contribution in [3.8, 4) is 0 Å². The van der Waals surface area contributed by atoms with Gasteiger partial charge in [0.05, 0.1) is 11.4 Å². The summed E-state index contributed by atoms with van der Waals surface area (Å²) in [5, 5.41) is 1.77. The summed E-state index contributed by atoms with van der Waals surface area (Å²) in [6.07, 6.45) is 0. The van der Waals surface area contributed by atoms with Crippen LogP contribution >= 0.6 is 27.3 Å². The monoisotopic (exact) mass is 316 g/mol. The summed E-state index contributed by atoms with van der Waals surface area (Å²) in [7, 11) is 1.53. The van der Waals surface area contributed by atoms with E-state index in [9.17, 15) is 14.4 Å². The van der Waals surface area contributed by atoms with Crippen molar-refractivity contribution in [1.29, 1.82) is 0 Å². The highest BCUT2D eigenvalue weighted by atomic mass is 79.9. The lowest BCUT2D eigenvalue weighted by Crippen LogP contribution is -2.36. The van der Waals surface area contributed by atoms with E-state index in [2.05, 4.69) is 15.9 Å². The lowest BCUT2D eigenvalue weighted by Gasteiger charge is -2.12. The standard InChI is InChI=1S/C10H9BrN2O3S/c1-12-5-8(15)13(10(12)16)4-7(14)9-6(11)2-3-17-9/h2-3H,4-5H2,1H3. The molecule has 2 rings (SSSR count). The number of nitrogens with zero attached hydrogens (tertiary/aromatic N) is 2. The Hall–Kier alpha value is -1.21. The molecular formula is C10H9BrN2O3S. The molecule has 3 amide bonds. The molecule has 2 heterocycles. The maximum Gasteiger partial charge on any atom is 0.327 e. The Labute approximate surface area is 110 Å². The van der Waals surface area contributed by atoms with Gasteiger partial charge in [-0.05, 0) is 27.4 Å². The van der Waals surface area contributed by atoms with Crippen LogP contribution in [0.25, 0.3) is 0 Å². The number of carbonyl (C=O) groups is 3. The summed E-state index contributed by atoms with van der Waals surface area (Å²) in [4.78, 5) is 37.8. The van der Waals surface area contributed by atoms with Crippen LogP contribution in [-0.2, 0) is 4.79 Å². The van der Waals surface area contributed by atoms with Gasteiger partial charge in [-0.3, -0.25) is 14.5 Å². The molecule has 5 nitrogen and oxygen atoms in total. The molecule has 0 atom stereocenters. The second kappa shape index (κ2) is 4.58. The molecule has 7 heteroatoms. The van der Waals surface area contributed by atoms with Gasteiger partial charge in [0.15, 0.2) is 5.78 Å². The van der Waals surface area contributed by atoms with Gasteiger partial charge in [-0.1, -0.05) is 0 Å². The Bertz CT molecular complexity index is 499. The topological polar surface area (TPSA) is 57.7 Å². The van der Waals surface area contributed by atoms with Gasteiger partial charge < -0.3 is 4.90 Å². The predicted octanol–water partition coefficient (Wildman–Crippen LogP) is 1.59. The zero-order valence-corrected chi connectivity index (χ0v) is 11.4. The van der Waals surface area contributed by atoms with Gasteiger partial charge >= 0.3 is 6.03 Å². The molecule has 0 saturated carbocycles. The maximum atomic E-state index is 11.9. The number of imide groups is 1. The van der Waals surface area contributed by atoms with E-state index in [1.165, 1.54) is 23.3 Å². The average molecular weight is 317 g/mol. The van der Waals surface area contributed by atoms with Crippen molar-refractivity contribution in [3.63, 3.8) is 0 Å². The van der Waals surface area contributed by atoms with Crippen LogP contribution in [-0.4, -0.2) is 47.7 Å². The molecule has 1 fully saturated rings. The zero-order valence-electron chi connectivity index (χ0n) is 8.97. The lowest BCUT2D eigenvalue weighted by atomic mass is 10.3. The average Bonchev–Trinajstić information content (AvgIpc) is 2.78. The van der Waals surface area contributed by atoms with Crippen molar-refractivity contribution in [1.82, 2.24) is 9.80 Å². The Morgan fingerprint density at radius 3 is 2.71 bits per heavy atom. The first-order valence-electron chi connectivity index (χ1n) is 4.82. The molecule has 1 aromatic heterocycles. The van der Waals surface area contributed by atoms with E-state index in [1.54, 1.807) is 11.4 Å². The number of rotatable bonds is 3. The number of amides is 3. The van der Waals surface area contributed by atoms with Gasteiger partial charge in [0.2, 0.25) is 0 Å². The van der Waals surface area contributed by atoms with E-state index >= 15 is 0 Å². The second-order valence-corrected chi connectivity index (χ2v) is 5.41. The van der Waals surface area contributed by atoms with Crippen LogP contribution < -0.4 is 0 Å². The zero-order chi connectivity index (χ0) is 12.6. The minimum atomic E-state index is -0.420. The highest BCUT2D eigenvalue weighted by molar-refractivity contribution is 9.10. The van der Waals surface area contributed by atoms with Crippen molar-refractivity contribution < 1.29 is 14.4 Å². The molecule has 0 N–H and O–H groups in total. The fraction of sp³-hybridized carbons (Fsp3) is 0.300. The predicted molar refractivity (Wildman–Crippen MR) is 66.1 cm³/mol. The van der Waals surface area contributed by atoms with Crippen LogP contribution in [0, 0.1) is 0 Å². The first-order valence-corrected chi connectivity index (χ1v) is 6.49. The molecule has 0 aromatic carbocycles. The number of urea groups is 1. The smallest absolute Gasteiger partial charge is 0.318 e. The first kappa shape index (κ1) is 12.3. The molecule has 1 aliphatic rings. The van der Waals surface area contributed by atoms with Crippen LogP contribution in [0.15, 0.2) is 15.9 Å². The molecule has 1 saturated heterocycles. The number of ketones is 1. The first-order chi connectivity index (χ1) is 8.00. The largest absolute Gasteiger partial charge is 0.327 e. The number of likely N-dealkylation sites (N-methyl/N-ethyl adjacent to an activating group) is 1. The molecule has 0 spiro atoms. The fourth-order valence-corrected chi connectivity index (χ4v) is 3.06. The Kier molecular flexibility index (Phi) is 3.30. The molecular weight excluding hydrogens is 308 g/mol. The third-order valence-corrected chi connectivity index (χ3v) is 4.28. The Morgan fingerprint density at radius 2 is 2.24 bits per heavy atom. The summed E-state index contributed by atoms with van der Waals surface area (Å²) in [6, 6.07) is 1.34. The van der Waals surface area contributed by atoms with Crippen LogP contribution in [0.4, 0.5) is 4.79 Å². The molecule has 0 bridgehead atoms. The van der Waals surface area contributed by atoms with Gasteiger partial charge in [-0.25, -0.2) is 4.79 Å². The van der Waals surface area contributed by atoms with Gasteiger partial charge in [-0.15, -0.1) is 11.3 Å². The third-order valence-electron chi connectivity index (χ3n) is 2.40. The molecule has 0 radical (unpaired) electrons. The summed E-state index contributed by atoms with van der Waals surface area (Å²) in [5.74, 6) is -0.567. The number of thiophene rings is 1. The van der Waals surface area contributed by atoms with Crippen LogP contribution in [0.3, 0.4) is 0 Å². The molecule has 0 unspecified atom stereocenters. The third kappa shape index (κ3) is 2.25. The summed E-state index contributed by atoms with van der Waals surface area (Å²) in [6.45, 7) is -0.154. The summed E-state index contributed by atoms with van der Waals surface area (Å²) >= 11 is 4.53. The Morgan fingerprint density at radius 1 is 1.53 bits per heavy atom. The van der Waals surface area contributed by atoms with Crippen LogP contribution in [0.1, 0.15) is 9.67 Å². The van der Waals surface area contributed by atoms with E-state index in [1.807, 2.05) is 0 Å². The molecule has 17 heavy (non-hydrogen) atoms. The van der Waals surface area contributed by atoms with E-state index in [-0.39, 0.29) is 24.8 Å². The van der Waals surface area contributed by atoms with E-state index in [0.717, 1.165) is 4.90 Å². The van der Waals surface area contributed by atoms with Crippen molar-refractivity contribution in [2.45, 2.75) is 0 Å². The number of halogens is 1. The Balaban J connectivity index is 2.12. The lowest BCUT2D eigenvalue weighted by molar-refractivity contribution is -0.125. The highest BCUT2D eigenvalue weighted by Gasteiger charge is 2.35. The van der Waals surface area contributed by atoms with Crippen molar-refractivity contribution >= 4 is 45.0 Å². The minimum absolute atomic E-state index is 0.0394. The van der Waals surface area contributed by atoms with Crippen LogP contribution in [0.5, 0.6) is 0 Å². The summed E-state index contributed by atoms with van der Waals surface area (Å²) < 4.78 is 0.694. The normalized spacial score (nSPS) is 15.9. The van der Waals surface area contributed by atoms with E-state index in [0.29, 0.717) is 9.35 Å². The van der Waals surface area contributed by atoms with Gasteiger partial charge in [-0.2, -0.15) is 0 Å². The van der Waals surface area contributed by atoms with E-state index in [4.69, 9.17) is 0 Å². The van der Waals surface area contributed by atoms with Crippen molar-refractivity contribution in [2.75, 3.05) is 20.1 Å². The van der Waals surface area contributed by atoms with Gasteiger partial charge in [0.1, 0.15) is 6.54 Å².